The lowest BCUT2D eigenvalue weighted by molar-refractivity contribution is -0.0541. The van der Waals surface area contributed by atoms with Crippen LogP contribution in [0.2, 0.25) is 0 Å². The number of hydrogen-bond acceptors (Lipinski definition) is 3. The van der Waals surface area contributed by atoms with Crippen molar-refractivity contribution in [2.75, 3.05) is 13.2 Å². The van der Waals surface area contributed by atoms with Gasteiger partial charge in [0.25, 0.3) is 5.92 Å². The molecule has 1 unspecified atom stereocenters. The van der Waals surface area contributed by atoms with E-state index in [-0.39, 0.29) is 13.2 Å². The Morgan fingerprint density at radius 3 is 2.63 bits per heavy atom. The highest BCUT2D eigenvalue weighted by molar-refractivity contribution is 5.68. The molecule has 1 saturated heterocycles. The van der Waals surface area contributed by atoms with Gasteiger partial charge < -0.3 is 14.8 Å². The smallest absolute Gasteiger partial charge is 0.408 e. The lowest BCUT2D eigenvalue weighted by Gasteiger charge is -2.29. The maximum Gasteiger partial charge on any atom is 0.408 e. The van der Waals surface area contributed by atoms with Crippen LogP contribution in [0.5, 0.6) is 0 Å². The van der Waals surface area contributed by atoms with Crippen molar-refractivity contribution >= 4 is 6.09 Å². The van der Waals surface area contributed by atoms with Gasteiger partial charge in [-0.3, -0.25) is 0 Å². The molecule has 1 fully saturated rings. The van der Waals surface area contributed by atoms with Crippen LogP contribution in [-0.4, -0.2) is 30.8 Å². The predicted molar refractivity (Wildman–Crippen MR) is 63.9 cm³/mol. The molecule has 0 aromatic heterocycles. The molecule has 1 amide bonds. The summed E-state index contributed by atoms with van der Waals surface area (Å²) in [6.45, 7) is 0.349. The first kappa shape index (κ1) is 13.7. The van der Waals surface area contributed by atoms with Gasteiger partial charge in [0.15, 0.2) is 0 Å². The molecule has 0 aliphatic carbocycles. The summed E-state index contributed by atoms with van der Waals surface area (Å²) in [6.07, 6.45) is -0.878. The molecule has 0 bridgehead atoms. The molecule has 0 radical (unpaired) electrons. The van der Waals surface area contributed by atoms with Gasteiger partial charge in [-0.05, 0) is 12.5 Å². The fourth-order valence-electron chi connectivity index (χ4n) is 1.76. The van der Waals surface area contributed by atoms with Crippen LogP contribution in [0.4, 0.5) is 13.6 Å². The van der Waals surface area contributed by atoms with Gasteiger partial charge >= 0.3 is 6.09 Å². The Kier molecular flexibility index (Phi) is 3.71. The van der Waals surface area contributed by atoms with E-state index in [4.69, 9.17) is 9.47 Å². The fourth-order valence-corrected chi connectivity index (χ4v) is 1.76. The molecule has 1 aliphatic heterocycles. The number of nitrogens with one attached hydrogen (secondary N) is 1. The van der Waals surface area contributed by atoms with E-state index in [1.807, 2.05) is 6.07 Å². The number of alkyl halides is 2. The van der Waals surface area contributed by atoms with E-state index < -0.39 is 24.2 Å². The standard InChI is InChI=1S/C13H15F2NO3/c1-12(8-18-9-13(12,14)15)16-11(17)19-7-10-5-3-2-4-6-10/h2-6H,7-9H2,1H3,(H,16,17). The Hall–Kier alpha value is -1.69. The molecular weight excluding hydrogens is 256 g/mol. The second kappa shape index (κ2) is 5.13. The molecule has 1 aromatic carbocycles. The number of alkyl carbamates (subject to hydrolysis) is 1. The largest absolute Gasteiger partial charge is 0.445 e. The molecule has 1 N–H and O–H groups in total. The quantitative estimate of drug-likeness (QED) is 0.918. The molecular formula is C13H15F2NO3. The number of benzene rings is 1. The Balaban J connectivity index is 1.88. The fraction of sp³-hybridized carbons (Fsp3) is 0.462. The molecule has 0 spiro atoms. The Morgan fingerprint density at radius 1 is 1.37 bits per heavy atom. The van der Waals surface area contributed by atoms with Gasteiger partial charge in [-0.15, -0.1) is 0 Å². The zero-order chi connectivity index (χ0) is 13.9. The lowest BCUT2D eigenvalue weighted by atomic mass is 9.98. The number of amides is 1. The molecule has 1 atom stereocenters. The maximum absolute atomic E-state index is 13.5. The molecule has 4 nitrogen and oxygen atoms in total. The zero-order valence-corrected chi connectivity index (χ0v) is 10.5. The van der Waals surface area contributed by atoms with Crippen molar-refractivity contribution in [3.05, 3.63) is 35.9 Å². The highest BCUT2D eigenvalue weighted by atomic mass is 19.3. The Labute approximate surface area is 109 Å². The van der Waals surface area contributed by atoms with Crippen LogP contribution in [0.3, 0.4) is 0 Å². The molecule has 1 heterocycles. The van der Waals surface area contributed by atoms with Crippen molar-refractivity contribution in [3.63, 3.8) is 0 Å². The second-order valence-corrected chi connectivity index (χ2v) is 4.72. The van der Waals surface area contributed by atoms with E-state index in [0.717, 1.165) is 5.56 Å². The number of carbonyl (C=O) groups excluding carboxylic acids is 1. The third kappa shape index (κ3) is 3.01. The van der Waals surface area contributed by atoms with Crippen LogP contribution in [0.25, 0.3) is 0 Å². The van der Waals surface area contributed by atoms with E-state index in [9.17, 15) is 13.6 Å². The third-order valence-electron chi connectivity index (χ3n) is 3.07. The van der Waals surface area contributed by atoms with Crippen molar-refractivity contribution in [3.8, 4) is 0 Å². The van der Waals surface area contributed by atoms with Crippen molar-refractivity contribution in [1.29, 1.82) is 0 Å². The van der Waals surface area contributed by atoms with Crippen molar-refractivity contribution in [1.82, 2.24) is 5.32 Å². The monoisotopic (exact) mass is 271 g/mol. The first-order valence-electron chi connectivity index (χ1n) is 5.87. The SMILES string of the molecule is CC1(NC(=O)OCc2ccccc2)COCC1(F)F. The lowest BCUT2D eigenvalue weighted by Crippen LogP contribution is -2.57. The highest BCUT2D eigenvalue weighted by Crippen LogP contribution is 2.34. The van der Waals surface area contributed by atoms with E-state index in [0.29, 0.717) is 0 Å². The molecule has 19 heavy (non-hydrogen) atoms. The number of carbonyl (C=O) groups is 1. The summed E-state index contributed by atoms with van der Waals surface area (Å²) in [5.41, 5.74) is -0.932. The van der Waals surface area contributed by atoms with Crippen LogP contribution in [0, 0.1) is 0 Å². The molecule has 0 saturated carbocycles. The molecule has 104 valence electrons. The highest BCUT2D eigenvalue weighted by Gasteiger charge is 2.56. The summed E-state index contributed by atoms with van der Waals surface area (Å²) in [6, 6.07) is 9.00. The van der Waals surface area contributed by atoms with Crippen LogP contribution in [-0.2, 0) is 16.1 Å². The molecule has 2 rings (SSSR count). The number of ether oxygens (including phenoxy) is 2. The van der Waals surface area contributed by atoms with Gasteiger partial charge in [0.2, 0.25) is 0 Å². The van der Waals surface area contributed by atoms with Crippen LogP contribution < -0.4 is 5.32 Å². The first-order chi connectivity index (χ1) is 8.93. The van der Waals surface area contributed by atoms with Gasteiger partial charge in [0, 0.05) is 0 Å². The number of halogens is 2. The summed E-state index contributed by atoms with van der Waals surface area (Å²) in [4.78, 5) is 11.5. The third-order valence-corrected chi connectivity index (χ3v) is 3.07. The summed E-state index contributed by atoms with van der Waals surface area (Å²) < 4.78 is 36.7. The topological polar surface area (TPSA) is 47.6 Å². The number of hydrogen-bond donors (Lipinski definition) is 1. The van der Waals surface area contributed by atoms with Crippen LogP contribution in [0.1, 0.15) is 12.5 Å². The van der Waals surface area contributed by atoms with Gasteiger partial charge in [0.1, 0.15) is 18.8 Å². The average Bonchev–Trinajstić information content (AvgIpc) is 2.62. The predicted octanol–water partition coefficient (Wildman–Crippen LogP) is 2.34. The Bertz CT molecular complexity index is 452. The van der Waals surface area contributed by atoms with Gasteiger partial charge in [-0.25, -0.2) is 13.6 Å². The molecule has 1 aliphatic rings. The molecule has 1 aromatic rings. The normalized spacial score (nSPS) is 25.0. The number of rotatable bonds is 3. The average molecular weight is 271 g/mol. The van der Waals surface area contributed by atoms with E-state index in [2.05, 4.69) is 5.32 Å². The first-order valence-corrected chi connectivity index (χ1v) is 5.87. The van der Waals surface area contributed by atoms with E-state index in [1.165, 1.54) is 6.92 Å². The summed E-state index contributed by atoms with van der Waals surface area (Å²) in [5.74, 6) is -3.10. The van der Waals surface area contributed by atoms with Crippen LogP contribution >= 0.6 is 0 Å². The summed E-state index contributed by atoms with van der Waals surface area (Å²) >= 11 is 0. The maximum atomic E-state index is 13.5. The summed E-state index contributed by atoms with van der Waals surface area (Å²) in [7, 11) is 0. The van der Waals surface area contributed by atoms with E-state index >= 15 is 0 Å². The minimum Gasteiger partial charge on any atom is -0.445 e. The van der Waals surface area contributed by atoms with Crippen LogP contribution in [0.15, 0.2) is 30.3 Å². The van der Waals surface area contributed by atoms with Gasteiger partial charge in [0.05, 0.1) is 6.61 Å². The van der Waals surface area contributed by atoms with Crippen molar-refractivity contribution < 1.29 is 23.0 Å². The molecule has 6 heteroatoms. The second-order valence-electron chi connectivity index (χ2n) is 4.72. The van der Waals surface area contributed by atoms with E-state index in [1.54, 1.807) is 24.3 Å². The minimum atomic E-state index is -3.10. The van der Waals surface area contributed by atoms with Crippen molar-refractivity contribution in [2.24, 2.45) is 0 Å². The van der Waals surface area contributed by atoms with Gasteiger partial charge in [-0.2, -0.15) is 0 Å². The Morgan fingerprint density at radius 2 is 2.05 bits per heavy atom. The summed E-state index contributed by atoms with van der Waals surface area (Å²) in [5, 5.41) is 2.18. The van der Waals surface area contributed by atoms with Crippen molar-refractivity contribution in [2.45, 2.75) is 25.0 Å². The zero-order valence-electron chi connectivity index (χ0n) is 10.5. The van der Waals surface area contributed by atoms with Gasteiger partial charge in [-0.1, -0.05) is 30.3 Å². The minimum absolute atomic E-state index is 0.0369.